The predicted molar refractivity (Wildman–Crippen MR) is 74.4 cm³/mol. The van der Waals surface area contributed by atoms with Gasteiger partial charge in [0.15, 0.2) is 5.96 Å². The zero-order valence-electron chi connectivity index (χ0n) is 11.2. The fourth-order valence-corrected chi connectivity index (χ4v) is 2.06. The summed E-state index contributed by atoms with van der Waals surface area (Å²) in [5, 5.41) is 3.19. The molecule has 4 nitrogen and oxygen atoms in total. The number of hydrogen-bond acceptors (Lipinski definition) is 2. The van der Waals surface area contributed by atoms with Gasteiger partial charge in [0, 0.05) is 18.4 Å². The second kappa shape index (κ2) is 5.85. The van der Waals surface area contributed by atoms with Crippen molar-refractivity contribution in [2.24, 2.45) is 16.6 Å². The van der Waals surface area contributed by atoms with E-state index < -0.39 is 0 Å². The lowest BCUT2D eigenvalue weighted by Gasteiger charge is -2.25. The summed E-state index contributed by atoms with van der Waals surface area (Å²) in [6, 6.07) is 2.07. The van der Waals surface area contributed by atoms with Crippen LogP contribution in [0.25, 0.3) is 0 Å². The molecule has 2 rings (SSSR count). The lowest BCUT2D eigenvalue weighted by molar-refractivity contribution is 0.315. The number of hydrogen-bond donors (Lipinski definition) is 2. The molecule has 0 unspecified atom stereocenters. The molecule has 0 atom stereocenters. The molecule has 98 valence electrons. The first kappa shape index (κ1) is 12.9. The zero-order chi connectivity index (χ0) is 13.0. The molecule has 0 bridgehead atoms. The van der Waals surface area contributed by atoms with Gasteiger partial charge in [0.25, 0.3) is 0 Å². The molecule has 0 saturated heterocycles. The number of nitrogens with zero attached hydrogens (tertiary/aromatic N) is 2. The second-order valence-electron chi connectivity index (χ2n) is 5.13. The minimum absolute atomic E-state index is 0.543. The number of aromatic nitrogens is 1. The maximum absolute atomic E-state index is 5.85. The van der Waals surface area contributed by atoms with Crippen LogP contribution in [0.3, 0.4) is 0 Å². The minimum atomic E-state index is 0.543. The Bertz CT molecular complexity index is 435. The van der Waals surface area contributed by atoms with E-state index in [-0.39, 0.29) is 0 Å². The van der Waals surface area contributed by atoms with Gasteiger partial charge in [-0.05, 0) is 49.8 Å². The van der Waals surface area contributed by atoms with E-state index in [2.05, 4.69) is 28.3 Å². The third-order valence-electron chi connectivity index (χ3n) is 3.57. The van der Waals surface area contributed by atoms with Gasteiger partial charge in [-0.25, -0.2) is 4.99 Å². The van der Waals surface area contributed by atoms with Crippen molar-refractivity contribution < 1.29 is 0 Å². The van der Waals surface area contributed by atoms with Crippen LogP contribution in [-0.2, 0) is 6.54 Å². The van der Waals surface area contributed by atoms with Gasteiger partial charge in [-0.2, -0.15) is 0 Å². The van der Waals surface area contributed by atoms with Gasteiger partial charge in [-0.1, -0.05) is 6.42 Å². The summed E-state index contributed by atoms with van der Waals surface area (Å²) in [5.41, 5.74) is 9.24. The van der Waals surface area contributed by atoms with Gasteiger partial charge in [0.2, 0.25) is 0 Å². The SMILES string of the molecule is Cc1cc(C)c(CN=C(N)NCC2CCC2)cn1. The Balaban J connectivity index is 1.84. The lowest BCUT2D eigenvalue weighted by Crippen LogP contribution is -2.37. The van der Waals surface area contributed by atoms with Gasteiger partial charge < -0.3 is 11.1 Å². The van der Waals surface area contributed by atoms with Crippen LogP contribution in [0, 0.1) is 19.8 Å². The Morgan fingerprint density at radius 3 is 2.89 bits per heavy atom. The van der Waals surface area contributed by atoms with Crippen molar-refractivity contribution in [3.63, 3.8) is 0 Å². The first-order valence-electron chi connectivity index (χ1n) is 6.61. The third-order valence-corrected chi connectivity index (χ3v) is 3.57. The van der Waals surface area contributed by atoms with Crippen LogP contribution in [0.4, 0.5) is 0 Å². The van der Waals surface area contributed by atoms with Gasteiger partial charge in [-0.3, -0.25) is 4.98 Å². The Hall–Kier alpha value is -1.58. The Morgan fingerprint density at radius 2 is 2.28 bits per heavy atom. The highest BCUT2D eigenvalue weighted by molar-refractivity contribution is 5.77. The number of pyridine rings is 1. The van der Waals surface area contributed by atoms with Crippen molar-refractivity contribution >= 4 is 5.96 Å². The molecule has 1 heterocycles. The van der Waals surface area contributed by atoms with E-state index in [9.17, 15) is 0 Å². The molecule has 1 fully saturated rings. The Kier molecular flexibility index (Phi) is 4.18. The molecule has 1 saturated carbocycles. The highest BCUT2D eigenvalue weighted by atomic mass is 15.1. The van der Waals surface area contributed by atoms with Crippen LogP contribution in [0.2, 0.25) is 0 Å². The molecule has 3 N–H and O–H groups in total. The molecule has 1 aromatic rings. The molecule has 1 aliphatic carbocycles. The summed E-state index contributed by atoms with van der Waals surface area (Å²) in [6.07, 6.45) is 5.88. The molecule has 0 aromatic carbocycles. The monoisotopic (exact) mass is 246 g/mol. The number of nitrogens with two attached hydrogens (primary N) is 1. The van der Waals surface area contributed by atoms with E-state index in [0.717, 1.165) is 23.7 Å². The highest BCUT2D eigenvalue weighted by Crippen LogP contribution is 2.24. The van der Waals surface area contributed by atoms with E-state index in [1.54, 1.807) is 0 Å². The molecule has 0 aliphatic heterocycles. The van der Waals surface area contributed by atoms with Crippen LogP contribution in [-0.4, -0.2) is 17.5 Å². The Morgan fingerprint density at radius 1 is 1.50 bits per heavy atom. The van der Waals surface area contributed by atoms with Crippen molar-refractivity contribution in [1.82, 2.24) is 10.3 Å². The molecule has 0 spiro atoms. The number of nitrogens with one attached hydrogen (secondary N) is 1. The highest BCUT2D eigenvalue weighted by Gasteiger charge is 2.16. The zero-order valence-corrected chi connectivity index (χ0v) is 11.2. The summed E-state index contributed by atoms with van der Waals surface area (Å²) in [7, 11) is 0. The quantitative estimate of drug-likeness (QED) is 0.630. The molecule has 18 heavy (non-hydrogen) atoms. The van der Waals surface area contributed by atoms with E-state index in [1.165, 1.54) is 24.8 Å². The topological polar surface area (TPSA) is 63.3 Å². The first-order chi connectivity index (χ1) is 8.65. The summed E-state index contributed by atoms with van der Waals surface area (Å²) in [4.78, 5) is 8.64. The van der Waals surface area contributed by atoms with Gasteiger partial charge in [-0.15, -0.1) is 0 Å². The Labute approximate surface area is 109 Å². The van der Waals surface area contributed by atoms with E-state index in [1.807, 2.05) is 13.1 Å². The van der Waals surface area contributed by atoms with Gasteiger partial charge in [0.1, 0.15) is 0 Å². The minimum Gasteiger partial charge on any atom is -0.370 e. The van der Waals surface area contributed by atoms with Crippen LogP contribution in [0.1, 0.15) is 36.1 Å². The number of rotatable bonds is 4. The standard InChI is InChI=1S/C14H22N4/c1-10-6-11(2)16-8-13(10)9-18-14(15)17-7-12-4-3-5-12/h6,8,12H,3-5,7,9H2,1-2H3,(H3,15,17,18). The average molecular weight is 246 g/mol. The lowest BCUT2D eigenvalue weighted by atomic mass is 9.85. The van der Waals surface area contributed by atoms with Crippen LogP contribution < -0.4 is 11.1 Å². The van der Waals surface area contributed by atoms with Crippen molar-refractivity contribution in [3.05, 3.63) is 29.1 Å². The van der Waals surface area contributed by atoms with Gasteiger partial charge >= 0.3 is 0 Å². The number of guanidine groups is 1. The molecule has 4 heteroatoms. The van der Waals surface area contributed by atoms with E-state index >= 15 is 0 Å². The maximum atomic E-state index is 5.85. The molecule has 1 aliphatic rings. The number of aliphatic imine (C=N–C) groups is 1. The van der Waals surface area contributed by atoms with Crippen LogP contribution in [0.5, 0.6) is 0 Å². The fraction of sp³-hybridized carbons (Fsp3) is 0.571. The fourth-order valence-electron chi connectivity index (χ4n) is 2.06. The molecule has 1 aromatic heterocycles. The molecule has 0 amide bonds. The average Bonchev–Trinajstić information content (AvgIpc) is 2.25. The summed E-state index contributed by atoms with van der Waals surface area (Å²) >= 11 is 0. The largest absolute Gasteiger partial charge is 0.370 e. The second-order valence-corrected chi connectivity index (χ2v) is 5.13. The normalized spacial score (nSPS) is 16.4. The maximum Gasteiger partial charge on any atom is 0.188 e. The van der Waals surface area contributed by atoms with Crippen molar-refractivity contribution in [3.8, 4) is 0 Å². The summed E-state index contributed by atoms with van der Waals surface area (Å²) in [6.45, 7) is 5.63. The molecular weight excluding hydrogens is 224 g/mol. The number of aryl methyl sites for hydroxylation is 2. The van der Waals surface area contributed by atoms with Crippen molar-refractivity contribution in [2.45, 2.75) is 39.7 Å². The summed E-state index contributed by atoms with van der Waals surface area (Å²) < 4.78 is 0. The van der Waals surface area contributed by atoms with Crippen LogP contribution >= 0.6 is 0 Å². The van der Waals surface area contributed by atoms with E-state index in [0.29, 0.717) is 12.5 Å². The third kappa shape index (κ3) is 3.45. The molecule has 0 radical (unpaired) electrons. The first-order valence-corrected chi connectivity index (χ1v) is 6.61. The summed E-state index contributed by atoms with van der Waals surface area (Å²) in [5.74, 6) is 1.34. The van der Waals surface area contributed by atoms with Crippen molar-refractivity contribution in [1.29, 1.82) is 0 Å². The van der Waals surface area contributed by atoms with E-state index in [4.69, 9.17) is 5.73 Å². The molecular formula is C14H22N4. The van der Waals surface area contributed by atoms with Gasteiger partial charge in [0.05, 0.1) is 6.54 Å². The smallest absolute Gasteiger partial charge is 0.188 e. The van der Waals surface area contributed by atoms with Crippen molar-refractivity contribution in [2.75, 3.05) is 6.54 Å². The predicted octanol–water partition coefficient (Wildman–Crippen LogP) is 1.90. The van der Waals surface area contributed by atoms with Crippen LogP contribution in [0.15, 0.2) is 17.3 Å².